The minimum atomic E-state index is -0.900. The summed E-state index contributed by atoms with van der Waals surface area (Å²) in [6, 6.07) is 0. The number of hydrogen-bond donors (Lipinski definition) is 2. The van der Waals surface area contributed by atoms with E-state index in [0.717, 1.165) is 44.8 Å². The molecule has 0 aromatic heterocycles. The molecule has 2 atom stereocenters. The van der Waals surface area contributed by atoms with Crippen molar-refractivity contribution in [1.82, 2.24) is 0 Å². The first-order chi connectivity index (χ1) is 11.1. The number of aliphatic hydroxyl groups is 1. The Balaban J connectivity index is 3.61. The minimum absolute atomic E-state index is 0.167. The third-order valence-corrected chi connectivity index (χ3v) is 4.21. The number of unbranched alkanes of at least 4 members (excludes halogenated alkanes) is 6. The number of carbonyl (C=O) groups is 2. The van der Waals surface area contributed by atoms with Crippen molar-refractivity contribution in [2.75, 3.05) is 6.61 Å². The monoisotopic (exact) mass is 326 g/mol. The van der Waals surface area contributed by atoms with Crippen molar-refractivity contribution in [3.05, 3.63) is 12.2 Å². The van der Waals surface area contributed by atoms with Crippen LogP contribution in [0.4, 0.5) is 0 Å². The summed E-state index contributed by atoms with van der Waals surface area (Å²) in [5, 5.41) is 17.6. The summed E-state index contributed by atoms with van der Waals surface area (Å²) in [7, 11) is 0. The first-order valence-electron chi connectivity index (χ1n) is 9.07. The van der Waals surface area contributed by atoms with E-state index >= 15 is 0 Å². The maximum absolute atomic E-state index is 10.6. The second-order valence-electron chi connectivity index (χ2n) is 6.49. The number of allylic oxidation sites excluding steroid dienone is 1. The molecule has 134 valence electrons. The zero-order valence-electron chi connectivity index (χ0n) is 14.6. The smallest absolute Gasteiger partial charge is 0.327 e. The highest BCUT2D eigenvalue weighted by atomic mass is 16.4. The third-order valence-electron chi connectivity index (χ3n) is 4.21. The van der Waals surface area contributed by atoms with E-state index in [2.05, 4.69) is 0 Å². The van der Waals surface area contributed by atoms with Crippen molar-refractivity contribution < 1.29 is 19.8 Å². The standard InChI is InChI=1S/C19H34O4/c1-17(16-21)10-7-5-3-2-4-6-8-11-18(12-9-15-20)13-14-19(22)23/h13-14,16-18,20H,2-12,15H2,1H3,(H,22,23). The number of carboxylic acids is 1. The Morgan fingerprint density at radius 2 is 1.43 bits per heavy atom. The number of aliphatic hydroxyl groups excluding tert-OH is 1. The van der Waals surface area contributed by atoms with Gasteiger partial charge in [0.25, 0.3) is 0 Å². The van der Waals surface area contributed by atoms with Gasteiger partial charge in [-0.25, -0.2) is 4.79 Å². The van der Waals surface area contributed by atoms with Crippen molar-refractivity contribution in [3.63, 3.8) is 0 Å². The Morgan fingerprint density at radius 1 is 0.913 bits per heavy atom. The van der Waals surface area contributed by atoms with Gasteiger partial charge in [0.05, 0.1) is 0 Å². The number of carbonyl (C=O) groups excluding carboxylic acids is 1. The van der Waals surface area contributed by atoms with Crippen LogP contribution in [-0.4, -0.2) is 29.1 Å². The number of aliphatic carboxylic acids is 1. The van der Waals surface area contributed by atoms with Crippen molar-refractivity contribution in [2.24, 2.45) is 11.8 Å². The van der Waals surface area contributed by atoms with Gasteiger partial charge in [-0.2, -0.15) is 0 Å². The summed E-state index contributed by atoms with van der Waals surface area (Å²) >= 11 is 0. The summed E-state index contributed by atoms with van der Waals surface area (Å²) < 4.78 is 0. The van der Waals surface area contributed by atoms with Crippen molar-refractivity contribution in [1.29, 1.82) is 0 Å². The van der Waals surface area contributed by atoms with Crippen LogP contribution < -0.4 is 0 Å². The maximum Gasteiger partial charge on any atom is 0.327 e. The SMILES string of the molecule is CC(C=O)CCCCCCCCCC(C=CC(=O)O)CCCO. The second kappa shape index (κ2) is 15.7. The number of rotatable bonds is 16. The molecule has 0 rings (SSSR count). The highest BCUT2D eigenvalue weighted by Gasteiger charge is 2.05. The molecule has 0 aliphatic rings. The predicted octanol–water partition coefficient (Wildman–Crippen LogP) is 4.36. The van der Waals surface area contributed by atoms with Gasteiger partial charge < -0.3 is 15.0 Å². The molecule has 0 heterocycles. The van der Waals surface area contributed by atoms with Gasteiger partial charge in [0.2, 0.25) is 0 Å². The van der Waals surface area contributed by atoms with Gasteiger partial charge in [-0.15, -0.1) is 0 Å². The number of hydrogen-bond acceptors (Lipinski definition) is 3. The lowest BCUT2D eigenvalue weighted by Crippen LogP contribution is -2.00. The van der Waals surface area contributed by atoms with Crippen molar-refractivity contribution in [3.8, 4) is 0 Å². The van der Waals surface area contributed by atoms with Crippen molar-refractivity contribution in [2.45, 2.75) is 77.6 Å². The molecular formula is C19H34O4. The quantitative estimate of drug-likeness (QED) is 0.251. The molecule has 0 saturated heterocycles. The van der Waals surface area contributed by atoms with E-state index in [1.165, 1.54) is 38.2 Å². The molecule has 4 heteroatoms. The molecule has 2 unspecified atom stereocenters. The molecule has 2 N–H and O–H groups in total. The molecule has 0 aliphatic carbocycles. The molecule has 0 fully saturated rings. The van der Waals surface area contributed by atoms with Gasteiger partial charge in [0.15, 0.2) is 0 Å². The molecule has 0 amide bonds. The first-order valence-corrected chi connectivity index (χ1v) is 9.07. The average Bonchev–Trinajstić information content (AvgIpc) is 2.54. The maximum atomic E-state index is 10.6. The fourth-order valence-corrected chi connectivity index (χ4v) is 2.73. The van der Waals surface area contributed by atoms with Crippen LogP contribution in [0.5, 0.6) is 0 Å². The fraction of sp³-hybridized carbons (Fsp3) is 0.789. The second-order valence-corrected chi connectivity index (χ2v) is 6.49. The van der Waals surface area contributed by atoms with Crippen LogP contribution in [0.3, 0.4) is 0 Å². The van der Waals surface area contributed by atoms with Crippen LogP contribution in [0.2, 0.25) is 0 Å². The van der Waals surface area contributed by atoms with Crippen LogP contribution in [0, 0.1) is 11.8 Å². The summed E-state index contributed by atoms with van der Waals surface area (Å²) in [5.41, 5.74) is 0. The Bertz CT molecular complexity index is 325. The Hall–Kier alpha value is -1.16. The molecule has 23 heavy (non-hydrogen) atoms. The van der Waals surface area contributed by atoms with Gasteiger partial charge in [-0.05, 0) is 31.6 Å². The minimum Gasteiger partial charge on any atom is -0.478 e. The summed E-state index contributed by atoms with van der Waals surface area (Å²) in [6.45, 7) is 2.14. The molecule has 4 nitrogen and oxygen atoms in total. The summed E-state index contributed by atoms with van der Waals surface area (Å²) in [5.74, 6) is -0.435. The molecule has 0 aliphatic heterocycles. The Labute approximate surface area is 141 Å². The number of aldehydes is 1. The highest BCUT2D eigenvalue weighted by Crippen LogP contribution is 2.18. The van der Waals surface area contributed by atoms with E-state index in [4.69, 9.17) is 10.2 Å². The first kappa shape index (κ1) is 21.8. The van der Waals surface area contributed by atoms with Crippen molar-refractivity contribution >= 4 is 12.3 Å². The van der Waals surface area contributed by atoms with Crippen LogP contribution in [0.25, 0.3) is 0 Å². The highest BCUT2D eigenvalue weighted by molar-refractivity contribution is 5.79. The topological polar surface area (TPSA) is 74.6 Å². The molecule has 0 spiro atoms. The zero-order chi connectivity index (χ0) is 17.3. The predicted molar refractivity (Wildman–Crippen MR) is 93.4 cm³/mol. The summed E-state index contributed by atoms with van der Waals surface area (Å²) in [6.07, 6.45) is 16.0. The molecule has 0 aromatic rings. The van der Waals surface area contributed by atoms with E-state index < -0.39 is 5.97 Å². The van der Waals surface area contributed by atoms with Crippen LogP contribution >= 0.6 is 0 Å². The van der Waals surface area contributed by atoms with Gasteiger partial charge in [0, 0.05) is 18.6 Å². The lowest BCUT2D eigenvalue weighted by atomic mass is 9.95. The Kier molecular flexibility index (Phi) is 14.9. The normalized spacial score (nSPS) is 14.0. The summed E-state index contributed by atoms with van der Waals surface area (Å²) in [4.78, 5) is 21.1. The van der Waals surface area contributed by atoms with Crippen LogP contribution in [0.15, 0.2) is 12.2 Å². The van der Waals surface area contributed by atoms with E-state index in [-0.39, 0.29) is 18.4 Å². The van der Waals surface area contributed by atoms with E-state index in [1.807, 2.05) is 6.92 Å². The van der Waals surface area contributed by atoms with Gasteiger partial charge in [0.1, 0.15) is 6.29 Å². The van der Waals surface area contributed by atoms with Crippen LogP contribution in [0.1, 0.15) is 77.6 Å². The fourth-order valence-electron chi connectivity index (χ4n) is 2.73. The van der Waals surface area contributed by atoms with Gasteiger partial charge >= 0.3 is 5.97 Å². The molecule has 0 radical (unpaired) electrons. The van der Waals surface area contributed by atoms with Crippen LogP contribution in [-0.2, 0) is 9.59 Å². The lowest BCUT2D eigenvalue weighted by Gasteiger charge is -2.11. The Morgan fingerprint density at radius 3 is 1.96 bits per heavy atom. The largest absolute Gasteiger partial charge is 0.478 e. The zero-order valence-corrected chi connectivity index (χ0v) is 14.6. The molecular weight excluding hydrogens is 292 g/mol. The molecule has 0 saturated carbocycles. The van der Waals surface area contributed by atoms with Gasteiger partial charge in [-0.3, -0.25) is 0 Å². The van der Waals surface area contributed by atoms with E-state index in [9.17, 15) is 9.59 Å². The van der Waals surface area contributed by atoms with E-state index in [0.29, 0.717) is 0 Å². The molecule has 0 aromatic carbocycles. The lowest BCUT2D eigenvalue weighted by molar-refractivity contribution is -0.131. The molecule has 0 bridgehead atoms. The number of carboxylic acid groups (broad SMARTS) is 1. The third kappa shape index (κ3) is 15.5. The average molecular weight is 326 g/mol. The van der Waals surface area contributed by atoms with E-state index in [1.54, 1.807) is 6.08 Å². The van der Waals surface area contributed by atoms with Gasteiger partial charge in [-0.1, -0.05) is 57.9 Å².